The molecule has 2 aliphatic rings. The highest BCUT2D eigenvalue weighted by atomic mass is 16.5. The maximum atomic E-state index is 5.81. The van der Waals surface area contributed by atoms with Crippen LogP contribution in [0.2, 0.25) is 0 Å². The van der Waals surface area contributed by atoms with Crippen molar-refractivity contribution in [2.75, 3.05) is 38.2 Å². The molecule has 1 aromatic rings. The lowest BCUT2D eigenvalue weighted by Gasteiger charge is -2.34. The highest BCUT2D eigenvalue weighted by Crippen LogP contribution is 2.32. The minimum absolute atomic E-state index is 0.478. The van der Waals surface area contributed by atoms with Gasteiger partial charge in [0, 0.05) is 31.2 Å². The summed E-state index contributed by atoms with van der Waals surface area (Å²) in [5.74, 6) is 1.03. The van der Waals surface area contributed by atoms with Crippen molar-refractivity contribution < 1.29 is 9.47 Å². The van der Waals surface area contributed by atoms with E-state index in [1.807, 2.05) is 0 Å². The summed E-state index contributed by atoms with van der Waals surface area (Å²) in [6, 6.07) is 6.82. The van der Waals surface area contributed by atoms with Crippen molar-refractivity contribution in [3.05, 3.63) is 23.8 Å². The number of nitrogens with zero attached hydrogens (tertiary/aromatic N) is 1. The second-order valence-corrected chi connectivity index (χ2v) is 4.96. The summed E-state index contributed by atoms with van der Waals surface area (Å²) in [4.78, 5) is 2.46. The van der Waals surface area contributed by atoms with E-state index in [9.17, 15) is 0 Å². The number of fused-ring (bicyclic) bond motifs is 1. The van der Waals surface area contributed by atoms with Crippen molar-refractivity contribution >= 4 is 5.69 Å². The second kappa shape index (κ2) is 5.16. The van der Waals surface area contributed by atoms with Gasteiger partial charge in [0.15, 0.2) is 0 Å². The van der Waals surface area contributed by atoms with Crippen molar-refractivity contribution in [2.24, 2.45) is 0 Å². The van der Waals surface area contributed by atoms with Crippen LogP contribution in [0.15, 0.2) is 18.2 Å². The number of para-hydroxylation sites is 1. The molecule has 0 amide bonds. The van der Waals surface area contributed by atoms with Crippen molar-refractivity contribution in [1.29, 1.82) is 0 Å². The topological polar surface area (TPSA) is 33.7 Å². The number of morpholine rings is 1. The first-order valence-electron chi connectivity index (χ1n) is 6.65. The molecule has 4 nitrogen and oxygen atoms in total. The van der Waals surface area contributed by atoms with Gasteiger partial charge in [-0.3, -0.25) is 4.90 Å². The molecule has 2 heterocycles. The Labute approximate surface area is 108 Å². The van der Waals surface area contributed by atoms with Gasteiger partial charge in [-0.25, -0.2) is 0 Å². The highest BCUT2D eigenvalue weighted by Gasteiger charge is 2.21. The van der Waals surface area contributed by atoms with Crippen LogP contribution < -0.4 is 10.1 Å². The zero-order chi connectivity index (χ0) is 12.4. The fourth-order valence-corrected chi connectivity index (χ4v) is 2.57. The lowest BCUT2D eigenvalue weighted by Crippen LogP contribution is -2.43. The van der Waals surface area contributed by atoms with Gasteiger partial charge in [-0.2, -0.15) is 0 Å². The van der Waals surface area contributed by atoms with Gasteiger partial charge in [0.1, 0.15) is 12.4 Å². The van der Waals surface area contributed by atoms with Crippen LogP contribution in [0.1, 0.15) is 12.5 Å². The van der Waals surface area contributed by atoms with E-state index in [1.165, 1.54) is 5.56 Å². The highest BCUT2D eigenvalue weighted by molar-refractivity contribution is 5.61. The maximum Gasteiger partial charge on any atom is 0.146 e. The molecule has 3 rings (SSSR count). The van der Waals surface area contributed by atoms with Gasteiger partial charge in [-0.05, 0) is 13.0 Å². The van der Waals surface area contributed by atoms with Gasteiger partial charge in [0.2, 0.25) is 0 Å². The third kappa shape index (κ3) is 2.31. The van der Waals surface area contributed by atoms with Crippen LogP contribution in [0.5, 0.6) is 5.75 Å². The summed E-state index contributed by atoms with van der Waals surface area (Å²) in [6.07, 6.45) is 0. The maximum absolute atomic E-state index is 5.81. The lowest BCUT2D eigenvalue weighted by molar-refractivity contribution is -0.00470. The fraction of sp³-hybridized carbons (Fsp3) is 0.571. The van der Waals surface area contributed by atoms with Gasteiger partial charge < -0.3 is 14.8 Å². The molecule has 98 valence electrons. The van der Waals surface area contributed by atoms with E-state index in [0.717, 1.165) is 50.9 Å². The largest absolute Gasteiger partial charge is 0.489 e. The molecular weight excluding hydrogens is 228 g/mol. The minimum atomic E-state index is 0.478. The molecule has 0 radical (unpaired) electrons. The average Bonchev–Trinajstić information content (AvgIpc) is 2.42. The molecule has 0 aromatic heterocycles. The van der Waals surface area contributed by atoms with Crippen LogP contribution in [0, 0.1) is 0 Å². The predicted octanol–water partition coefficient (Wildman–Crippen LogP) is 1.71. The SMILES string of the molecule is CC1COCCN1Cc1cccc2c1OCCN2. The van der Waals surface area contributed by atoms with E-state index in [4.69, 9.17) is 9.47 Å². The first-order valence-corrected chi connectivity index (χ1v) is 6.65. The van der Waals surface area contributed by atoms with E-state index in [-0.39, 0.29) is 0 Å². The van der Waals surface area contributed by atoms with Crippen LogP contribution in [0.4, 0.5) is 5.69 Å². The summed E-state index contributed by atoms with van der Waals surface area (Å²) in [7, 11) is 0. The molecule has 1 fully saturated rings. The summed E-state index contributed by atoms with van der Waals surface area (Å²) < 4.78 is 11.3. The van der Waals surface area contributed by atoms with E-state index in [0.29, 0.717) is 6.04 Å². The molecule has 0 aliphatic carbocycles. The van der Waals surface area contributed by atoms with Gasteiger partial charge in [0.25, 0.3) is 0 Å². The molecule has 1 N–H and O–H groups in total. The third-order valence-corrected chi connectivity index (χ3v) is 3.64. The van der Waals surface area contributed by atoms with Crippen LogP contribution in [0.3, 0.4) is 0 Å². The Morgan fingerprint density at radius 1 is 1.39 bits per heavy atom. The molecule has 2 aliphatic heterocycles. The van der Waals surface area contributed by atoms with Gasteiger partial charge in [-0.15, -0.1) is 0 Å². The monoisotopic (exact) mass is 248 g/mol. The molecule has 1 atom stereocenters. The Hall–Kier alpha value is -1.26. The van der Waals surface area contributed by atoms with Crippen molar-refractivity contribution in [3.63, 3.8) is 0 Å². The Morgan fingerprint density at radius 3 is 3.22 bits per heavy atom. The lowest BCUT2D eigenvalue weighted by atomic mass is 10.1. The zero-order valence-electron chi connectivity index (χ0n) is 10.8. The number of hydrogen-bond donors (Lipinski definition) is 1. The van der Waals surface area contributed by atoms with Crippen LogP contribution >= 0.6 is 0 Å². The molecule has 0 saturated carbocycles. The van der Waals surface area contributed by atoms with Crippen molar-refractivity contribution in [3.8, 4) is 5.75 Å². The number of rotatable bonds is 2. The predicted molar refractivity (Wildman–Crippen MR) is 71.1 cm³/mol. The Balaban J connectivity index is 1.79. The minimum Gasteiger partial charge on any atom is -0.489 e. The molecule has 0 spiro atoms. The van der Waals surface area contributed by atoms with Gasteiger partial charge in [0.05, 0.1) is 18.9 Å². The molecule has 18 heavy (non-hydrogen) atoms. The fourth-order valence-electron chi connectivity index (χ4n) is 2.57. The summed E-state index contributed by atoms with van der Waals surface area (Å²) in [5, 5.41) is 3.38. The Morgan fingerprint density at radius 2 is 2.33 bits per heavy atom. The number of ether oxygens (including phenoxy) is 2. The van der Waals surface area contributed by atoms with Crippen LogP contribution in [0.25, 0.3) is 0 Å². The molecular formula is C14H20N2O2. The van der Waals surface area contributed by atoms with E-state index >= 15 is 0 Å². The third-order valence-electron chi connectivity index (χ3n) is 3.64. The summed E-state index contributed by atoms with van der Waals surface area (Å²) >= 11 is 0. The Bertz CT molecular complexity index is 422. The number of benzene rings is 1. The molecule has 1 aromatic carbocycles. The smallest absolute Gasteiger partial charge is 0.146 e. The zero-order valence-corrected chi connectivity index (χ0v) is 10.8. The number of hydrogen-bond acceptors (Lipinski definition) is 4. The van der Waals surface area contributed by atoms with Crippen LogP contribution in [-0.4, -0.2) is 43.9 Å². The molecule has 1 unspecified atom stereocenters. The van der Waals surface area contributed by atoms with Crippen LogP contribution in [-0.2, 0) is 11.3 Å². The van der Waals surface area contributed by atoms with Gasteiger partial charge >= 0.3 is 0 Å². The summed E-state index contributed by atoms with van der Waals surface area (Å²) in [5.41, 5.74) is 2.40. The van der Waals surface area contributed by atoms with Crippen molar-refractivity contribution in [2.45, 2.75) is 19.5 Å². The second-order valence-electron chi connectivity index (χ2n) is 4.96. The standard InChI is InChI=1S/C14H20N2O2/c1-11-10-17-8-6-16(11)9-12-3-2-4-13-14(12)18-7-5-15-13/h2-4,11,15H,5-10H2,1H3. The quantitative estimate of drug-likeness (QED) is 0.864. The molecule has 1 saturated heterocycles. The van der Waals surface area contributed by atoms with Crippen molar-refractivity contribution in [1.82, 2.24) is 4.90 Å². The van der Waals surface area contributed by atoms with E-state index in [1.54, 1.807) is 0 Å². The average molecular weight is 248 g/mol. The molecule has 4 heteroatoms. The number of anilines is 1. The first-order chi connectivity index (χ1) is 8.84. The number of nitrogens with one attached hydrogen (secondary N) is 1. The van der Waals surface area contributed by atoms with Gasteiger partial charge in [-0.1, -0.05) is 12.1 Å². The summed E-state index contributed by atoms with van der Waals surface area (Å²) in [6.45, 7) is 7.46. The first kappa shape index (κ1) is 11.8. The molecule has 0 bridgehead atoms. The van der Waals surface area contributed by atoms with E-state index < -0.39 is 0 Å². The normalized spacial score (nSPS) is 23.9. The Kier molecular flexibility index (Phi) is 3.39. The van der Waals surface area contributed by atoms with E-state index in [2.05, 4.69) is 35.3 Å².